The molecular weight excluding hydrogens is 317 g/mol. The maximum Gasteiger partial charge on any atom is 0.497 e. The molecule has 18 heavy (non-hydrogen) atoms. The van der Waals surface area contributed by atoms with E-state index in [0.29, 0.717) is 28.7 Å². The summed E-state index contributed by atoms with van der Waals surface area (Å²) in [4.78, 5) is 0. The smallest absolute Gasteiger partial charge is 0.407 e. The van der Waals surface area contributed by atoms with Gasteiger partial charge in [-0.15, -0.1) is 0 Å². The summed E-state index contributed by atoms with van der Waals surface area (Å²) in [5.74, 6) is 0. The zero-order valence-corrected chi connectivity index (χ0v) is 12.9. The van der Waals surface area contributed by atoms with E-state index in [9.17, 15) is 0 Å². The van der Waals surface area contributed by atoms with Crippen LogP contribution in [0.15, 0.2) is 6.07 Å². The van der Waals surface area contributed by atoms with Gasteiger partial charge in [0.1, 0.15) is 0 Å². The highest BCUT2D eigenvalue weighted by atomic mass is 35.5. The number of rotatable bonds is 1. The molecule has 1 saturated heterocycles. The molecule has 1 aliphatic heterocycles. The van der Waals surface area contributed by atoms with Crippen LogP contribution in [-0.2, 0) is 9.31 Å². The van der Waals surface area contributed by atoms with Gasteiger partial charge < -0.3 is 9.31 Å². The Hall–Kier alpha value is 0.365. The summed E-state index contributed by atoms with van der Waals surface area (Å²) in [5.41, 5.74) is 0.509. The molecule has 0 aliphatic carbocycles. The molecule has 0 atom stereocenters. The molecule has 0 amide bonds. The minimum absolute atomic E-state index is 0.0222. The molecule has 0 unspecified atom stereocenters. The average molecular weight is 328 g/mol. The van der Waals surface area contributed by atoms with Crippen LogP contribution in [0.3, 0.4) is 0 Å². The molecule has 7 heteroatoms. The summed E-state index contributed by atoms with van der Waals surface area (Å²) in [5, 5.41) is 1.24. The van der Waals surface area contributed by atoms with Crippen LogP contribution in [0.2, 0.25) is 20.1 Å². The van der Waals surface area contributed by atoms with E-state index in [-0.39, 0.29) is 15.5 Å². The highest BCUT2D eigenvalue weighted by molar-refractivity contribution is 6.70. The minimum Gasteiger partial charge on any atom is -0.407 e. The van der Waals surface area contributed by atoms with Crippen molar-refractivity contribution in [3.8, 4) is 0 Å². The first-order valence-corrected chi connectivity index (χ1v) is 6.89. The lowest BCUT2D eigenvalue weighted by Crippen LogP contribution is -2.48. The lowest BCUT2D eigenvalue weighted by atomic mass is 9.76. The monoisotopic (exact) mass is 326 g/mol. The van der Waals surface area contributed by atoms with E-state index >= 15 is 0 Å². The molecule has 0 bridgehead atoms. The maximum absolute atomic E-state index is 6.15. The minimum atomic E-state index is -0.604. The van der Waals surface area contributed by atoms with Crippen molar-refractivity contribution < 1.29 is 9.31 Å². The summed E-state index contributed by atoms with van der Waals surface area (Å²) in [6, 6.07) is 1.54. The van der Waals surface area contributed by atoms with Crippen LogP contribution in [0.25, 0.3) is 0 Å². The Morgan fingerprint density at radius 3 is 2.11 bits per heavy atom. The Balaban J connectivity index is 2.33. The van der Waals surface area contributed by atoms with Crippen molar-refractivity contribution in [1.29, 1.82) is 0 Å². The lowest BCUT2D eigenvalue weighted by Gasteiger charge is -2.33. The fraction of sp³-hybridized carbons (Fsp3) is 0.455. The summed E-state index contributed by atoms with van der Waals surface area (Å²) in [7, 11) is -0.604. The van der Waals surface area contributed by atoms with Crippen molar-refractivity contribution in [1.82, 2.24) is 0 Å². The van der Waals surface area contributed by atoms with Crippen LogP contribution >= 0.6 is 46.4 Å². The van der Waals surface area contributed by atoms with E-state index in [4.69, 9.17) is 55.7 Å². The van der Waals surface area contributed by atoms with E-state index in [2.05, 4.69) is 13.8 Å². The van der Waals surface area contributed by atoms with Gasteiger partial charge in [-0.05, 0) is 6.07 Å². The number of benzene rings is 1. The van der Waals surface area contributed by atoms with Crippen molar-refractivity contribution >= 4 is 59.0 Å². The summed E-state index contributed by atoms with van der Waals surface area (Å²) in [6.45, 7) is 5.23. The van der Waals surface area contributed by atoms with Gasteiger partial charge in [-0.2, -0.15) is 0 Å². The summed E-state index contributed by atoms with van der Waals surface area (Å²) < 4.78 is 11.3. The van der Waals surface area contributed by atoms with Crippen molar-refractivity contribution in [3.63, 3.8) is 0 Å². The largest absolute Gasteiger partial charge is 0.497 e. The fourth-order valence-corrected chi connectivity index (χ4v) is 2.75. The van der Waals surface area contributed by atoms with Crippen LogP contribution in [0.4, 0.5) is 0 Å². The first-order valence-electron chi connectivity index (χ1n) is 5.38. The van der Waals surface area contributed by atoms with Gasteiger partial charge >= 0.3 is 7.12 Å². The molecule has 0 saturated carbocycles. The van der Waals surface area contributed by atoms with E-state index in [1.54, 1.807) is 6.07 Å². The molecule has 1 aromatic rings. The van der Waals surface area contributed by atoms with Gasteiger partial charge in [0.25, 0.3) is 0 Å². The van der Waals surface area contributed by atoms with Gasteiger partial charge in [0, 0.05) is 29.1 Å². The molecule has 1 aromatic carbocycles. The SMILES string of the molecule is CC1(C)COB(c2c(Cl)cc(Cl)c(Cl)c2Cl)OC1. The zero-order valence-electron chi connectivity index (χ0n) is 9.90. The second-order valence-corrected chi connectivity index (χ2v) is 6.57. The van der Waals surface area contributed by atoms with Gasteiger partial charge in [-0.3, -0.25) is 0 Å². The maximum atomic E-state index is 6.15. The standard InChI is InChI=1S/C11H11BCl4O2/c1-11(2)4-17-12(18-5-11)8-6(13)3-7(14)9(15)10(8)16/h3H,4-5H2,1-2H3. The van der Waals surface area contributed by atoms with Crippen LogP contribution in [0.5, 0.6) is 0 Å². The molecule has 2 nitrogen and oxygen atoms in total. The molecule has 1 heterocycles. The topological polar surface area (TPSA) is 18.5 Å². The Morgan fingerprint density at radius 2 is 1.56 bits per heavy atom. The van der Waals surface area contributed by atoms with Gasteiger partial charge in [-0.1, -0.05) is 60.3 Å². The van der Waals surface area contributed by atoms with Crippen molar-refractivity contribution in [2.24, 2.45) is 5.41 Å². The van der Waals surface area contributed by atoms with Crippen molar-refractivity contribution in [2.45, 2.75) is 13.8 Å². The number of hydrogen-bond donors (Lipinski definition) is 0. The predicted molar refractivity (Wildman–Crippen MR) is 77.6 cm³/mol. The third-order valence-corrected chi connectivity index (χ3v) is 4.23. The van der Waals surface area contributed by atoms with Gasteiger partial charge in [0.2, 0.25) is 0 Å². The third-order valence-electron chi connectivity index (χ3n) is 2.64. The molecule has 1 fully saturated rings. The third kappa shape index (κ3) is 2.92. The van der Waals surface area contributed by atoms with Gasteiger partial charge in [-0.25, -0.2) is 0 Å². The lowest BCUT2D eigenvalue weighted by molar-refractivity contribution is 0.0343. The van der Waals surface area contributed by atoms with E-state index in [1.807, 2.05) is 0 Å². The second kappa shape index (κ2) is 5.39. The van der Waals surface area contributed by atoms with Gasteiger partial charge in [0.05, 0.1) is 15.1 Å². The number of halogens is 4. The first-order chi connectivity index (χ1) is 8.32. The Morgan fingerprint density at radius 1 is 1.00 bits per heavy atom. The van der Waals surface area contributed by atoms with Crippen molar-refractivity contribution in [3.05, 3.63) is 26.2 Å². The number of hydrogen-bond acceptors (Lipinski definition) is 2. The molecule has 0 N–H and O–H groups in total. The highest BCUT2D eigenvalue weighted by Gasteiger charge is 2.36. The molecule has 2 rings (SSSR count). The molecule has 98 valence electrons. The normalized spacial score (nSPS) is 19.1. The Labute approximate surface area is 127 Å². The van der Waals surface area contributed by atoms with Crippen molar-refractivity contribution in [2.75, 3.05) is 13.2 Å². The summed E-state index contributed by atoms with van der Waals surface area (Å²) in [6.07, 6.45) is 0. The van der Waals surface area contributed by atoms with Crippen LogP contribution in [-0.4, -0.2) is 20.3 Å². The van der Waals surface area contributed by atoms with E-state index in [1.165, 1.54) is 0 Å². The second-order valence-electron chi connectivity index (χ2n) is 5.00. The average Bonchev–Trinajstić information content (AvgIpc) is 2.28. The van der Waals surface area contributed by atoms with Crippen LogP contribution < -0.4 is 5.46 Å². The van der Waals surface area contributed by atoms with Crippen LogP contribution in [0, 0.1) is 5.41 Å². The molecule has 0 aromatic heterocycles. The first kappa shape index (κ1) is 14.8. The molecule has 1 aliphatic rings. The highest BCUT2D eigenvalue weighted by Crippen LogP contribution is 2.33. The quantitative estimate of drug-likeness (QED) is 0.440. The zero-order chi connectivity index (χ0) is 13.5. The van der Waals surface area contributed by atoms with E-state index < -0.39 is 7.12 Å². The molecule has 0 spiro atoms. The molecule has 0 radical (unpaired) electrons. The summed E-state index contributed by atoms with van der Waals surface area (Å²) >= 11 is 24.2. The Bertz CT molecular complexity index is 469. The van der Waals surface area contributed by atoms with Gasteiger partial charge in [0.15, 0.2) is 0 Å². The van der Waals surface area contributed by atoms with E-state index in [0.717, 1.165) is 0 Å². The fourth-order valence-electron chi connectivity index (χ4n) is 1.66. The van der Waals surface area contributed by atoms with Crippen LogP contribution in [0.1, 0.15) is 13.8 Å². The predicted octanol–water partition coefficient (Wildman–Crippen LogP) is 4.07. The molecular formula is C11H11BCl4O2. The Kier molecular flexibility index (Phi) is 4.42.